The SMILES string of the molecule is O=C(O)CCCCC(=O)NC1CCSc2ccc(Cl)cc21. The number of carboxylic acid groups (broad SMARTS) is 1. The highest BCUT2D eigenvalue weighted by atomic mass is 35.5. The molecule has 1 aliphatic rings. The number of benzene rings is 1. The fourth-order valence-corrected chi connectivity index (χ4v) is 3.63. The minimum absolute atomic E-state index is 0.00641. The Bertz CT molecular complexity index is 536. The number of hydrogen-bond acceptors (Lipinski definition) is 3. The Hall–Kier alpha value is -1.20. The molecule has 21 heavy (non-hydrogen) atoms. The number of aliphatic carboxylic acids is 1. The van der Waals surface area contributed by atoms with Gasteiger partial charge in [-0.3, -0.25) is 9.59 Å². The third-order valence-corrected chi connectivity index (χ3v) is 4.75. The van der Waals surface area contributed by atoms with Crippen molar-refractivity contribution in [1.29, 1.82) is 0 Å². The number of carboxylic acids is 1. The molecular weight excluding hydrogens is 310 g/mol. The molecule has 1 heterocycles. The van der Waals surface area contributed by atoms with E-state index in [9.17, 15) is 9.59 Å². The lowest BCUT2D eigenvalue weighted by Crippen LogP contribution is -2.30. The van der Waals surface area contributed by atoms with E-state index < -0.39 is 5.97 Å². The van der Waals surface area contributed by atoms with Gasteiger partial charge in [0.15, 0.2) is 0 Å². The Morgan fingerprint density at radius 3 is 2.86 bits per heavy atom. The molecule has 114 valence electrons. The molecule has 1 aliphatic heterocycles. The van der Waals surface area contributed by atoms with E-state index >= 15 is 0 Å². The number of rotatable bonds is 6. The van der Waals surface area contributed by atoms with Crippen LogP contribution >= 0.6 is 23.4 Å². The minimum Gasteiger partial charge on any atom is -0.481 e. The first kappa shape index (κ1) is 16.2. The van der Waals surface area contributed by atoms with Crippen molar-refractivity contribution in [1.82, 2.24) is 5.32 Å². The van der Waals surface area contributed by atoms with E-state index in [2.05, 4.69) is 5.32 Å². The molecule has 0 saturated heterocycles. The van der Waals surface area contributed by atoms with Gasteiger partial charge in [0.2, 0.25) is 5.91 Å². The number of unbranched alkanes of at least 4 members (excludes halogenated alkanes) is 1. The summed E-state index contributed by atoms with van der Waals surface area (Å²) < 4.78 is 0. The summed E-state index contributed by atoms with van der Waals surface area (Å²) in [6, 6.07) is 5.78. The fourth-order valence-electron chi connectivity index (χ4n) is 2.34. The van der Waals surface area contributed by atoms with Crippen LogP contribution in [0, 0.1) is 0 Å². The van der Waals surface area contributed by atoms with Crippen LogP contribution in [0.3, 0.4) is 0 Å². The molecule has 1 aromatic carbocycles. The van der Waals surface area contributed by atoms with Crippen LogP contribution in [-0.2, 0) is 9.59 Å². The lowest BCUT2D eigenvalue weighted by atomic mass is 10.0. The van der Waals surface area contributed by atoms with E-state index in [0.717, 1.165) is 17.7 Å². The minimum atomic E-state index is -0.816. The van der Waals surface area contributed by atoms with Gasteiger partial charge in [-0.2, -0.15) is 0 Å². The zero-order valence-electron chi connectivity index (χ0n) is 11.6. The fraction of sp³-hybridized carbons (Fsp3) is 0.467. The van der Waals surface area contributed by atoms with Crippen molar-refractivity contribution in [3.63, 3.8) is 0 Å². The normalized spacial score (nSPS) is 17.1. The second-order valence-electron chi connectivity index (χ2n) is 5.04. The molecule has 0 bridgehead atoms. The molecule has 1 atom stereocenters. The van der Waals surface area contributed by atoms with Gasteiger partial charge in [0.05, 0.1) is 6.04 Å². The van der Waals surface area contributed by atoms with E-state index in [1.807, 2.05) is 18.2 Å². The van der Waals surface area contributed by atoms with Gasteiger partial charge in [-0.15, -0.1) is 11.8 Å². The maximum absolute atomic E-state index is 12.0. The van der Waals surface area contributed by atoms with Gasteiger partial charge in [-0.05, 0) is 43.0 Å². The van der Waals surface area contributed by atoms with Gasteiger partial charge >= 0.3 is 5.97 Å². The zero-order valence-corrected chi connectivity index (χ0v) is 13.2. The average molecular weight is 328 g/mol. The molecular formula is C15H18ClNO3S. The molecule has 0 spiro atoms. The average Bonchev–Trinajstić information content (AvgIpc) is 2.44. The maximum atomic E-state index is 12.0. The predicted octanol–water partition coefficient (Wildman–Crippen LogP) is 3.64. The quantitative estimate of drug-likeness (QED) is 0.783. The number of thioether (sulfide) groups is 1. The molecule has 0 aliphatic carbocycles. The van der Waals surface area contributed by atoms with Crippen LogP contribution < -0.4 is 5.32 Å². The van der Waals surface area contributed by atoms with E-state index in [4.69, 9.17) is 16.7 Å². The van der Waals surface area contributed by atoms with Crippen LogP contribution in [0.15, 0.2) is 23.1 Å². The van der Waals surface area contributed by atoms with Crippen molar-refractivity contribution in [3.05, 3.63) is 28.8 Å². The molecule has 0 fully saturated rings. The van der Waals surface area contributed by atoms with Crippen LogP contribution in [0.5, 0.6) is 0 Å². The zero-order chi connectivity index (χ0) is 15.2. The number of carbonyl (C=O) groups is 2. The van der Waals surface area contributed by atoms with Gasteiger partial charge in [-0.25, -0.2) is 0 Å². The molecule has 1 aromatic rings. The summed E-state index contributed by atoms with van der Waals surface area (Å²) >= 11 is 7.81. The van der Waals surface area contributed by atoms with Crippen LogP contribution in [-0.4, -0.2) is 22.7 Å². The number of hydrogen-bond donors (Lipinski definition) is 2. The molecule has 0 radical (unpaired) electrons. The Balaban J connectivity index is 1.88. The smallest absolute Gasteiger partial charge is 0.303 e. The van der Waals surface area contributed by atoms with Crippen molar-refractivity contribution in [2.45, 2.75) is 43.0 Å². The summed E-state index contributed by atoms with van der Waals surface area (Å²) in [4.78, 5) is 23.5. The summed E-state index contributed by atoms with van der Waals surface area (Å²) in [5.41, 5.74) is 1.08. The van der Waals surface area contributed by atoms with Crippen molar-refractivity contribution >= 4 is 35.2 Å². The summed E-state index contributed by atoms with van der Waals surface area (Å²) in [7, 11) is 0. The van der Waals surface area contributed by atoms with E-state index in [1.165, 1.54) is 4.90 Å². The summed E-state index contributed by atoms with van der Waals surface area (Å²) in [6.07, 6.45) is 2.51. The van der Waals surface area contributed by atoms with Crippen LogP contribution in [0.25, 0.3) is 0 Å². The highest BCUT2D eigenvalue weighted by molar-refractivity contribution is 7.99. The standard InChI is InChI=1S/C15H18ClNO3S/c16-10-5-6-13-11(9-10)12(7-8-21-13)17-14(18)3-1-2-4-15(19)20/h5-6,9,12H,1-4,7-8H2,(H,17,18)(H,19,20). The lowest BCUT2D eigenvalue weighted by molar-refractivity contribution is -0.137. The van der Waals surface area contributed by atoms with Gasteiger partial charge < -0.3 is 10.4 Å². The molecule has 0 saturated carbocycles. The Morgan fingerprint density at radius 1 is 1.33 bits per heavy atom. The van der Waals surface area contributed by atoms with Gasteiger partial charge in [0.1, 0.15) is 0 Å². The van der Waals surface area contributed by atoms with Crippen molar-refractivity contribution in [2.24, 2.45) is 0 Å². The highest BCUT2D eigenvalue weighted by Crippen LogP contribution is 2.37. The third-order valence-electron chi connectivity index (χ3n) is 3.39. The van der Waals surface area contributed by atoms with E-state index in [-0.39, 0.29) is 18.4 Å². The number of fused-ring (bicyclic) bond motifs is 1. The molecule has 2 rings (SSSR count). The van der Waals surface area contributed by atoms with E-state index in [0.29, 0.717) is 24.3 Å². The molecule has 4 nitrogen and oxygen atoms in total. The highest BCUT2D eigenvalue weighted by Gasteiger charge is 2.22. The van der Waals surface area contributed by atoms with Gasteiger partial charge in [-0.1, -0.05) is 11.6 Å². The first-order valence-electron chi connectivity index (χ1n) is 6.99. The Kier molecular flexibility index (Phi) is 5.94. The first-order chi connectivity index (χ1) is 10.1. The second-order valence-corrected chi connectivity index (χ2v) is 6.61. The summed E-state index contributed by atoms with van der Waals surface area (Å²) in [5.74, 6) is 0.130. The molecule has 0 aromatic heterocycles. The van der Waals surface area contributed by atoms with Crippen LogP contribution in [0.2, 0.25) is 5.02 Å². The van der Waals surface area contributed by atoms with Gasteiger partial charge in [0, 0.05) is 28.5 Å². The Labute approximate surface area is 133 Å². The molecule has 6 heteroatoms. The molecule has 1 unspecified atom stereocenters. The first-order valence-corrected chi connectivity index (χ1v) is 8.36. The number of halogens is 1. The summed E-state index contributed by atoms with van der Waals surface area (Å²) in [6.45, 7) is 0. The van der Waals surface area contributed by atoms with Crippen molar-refractivity contribution in [3.8, 4) is 0 Å². The van der Waals surface area contributed by atoms with Crippen LogP contribution in [0.1, 0.15) is 43.7 Å². The number of nitrogens with one attached hydrogen (secondary N) is 1. The largest absolute Gasteiger partial charge is 0.481 e. The topological polar surface area (TPSA) is 66.4 Å². The molecule has 2 N–H and O–H groups in total. The number of amides is 1. The Morgan fingerprint density at radius 2 is 2.10 bits per heavy atom. The van der Waals surface area contributed by atoms with Crippen molar-refractivity contribution in [2.75, 3.05) is 5.75 Å². The monoisotopic (exact) mass is 327 g/mol. The van der Waals surface area contributed by atoms with Crippen molar-refractivity contribution < 1.29 is 14.7 Å². The van der Waals surface area contributed by atoms with Crippen LogP contribution in [0.4, 0.5) is 0 Å². The third kappa shape index (κ3) is 4.93. The maximum Gasteiger partial charge on any atom is 0.303 e. The van der Waals surface area contributed by atoms with E-state index in [1.54, 1.807) is 11.8 Å². The number of carbonyl (C=O) groups excluding carboxylic acids is 1. The second kappa shape index (κ2) is 7.71. The molecule has 1 amide bonds. The predicted molar refractivity (Wildman–Crippen MR) is 83.8 cm³/mol. The van der Waals surface area contributed by atoms with Gasteiger partial charge in [0.25, 0.3) is 0 Å². The lowest BCUT2D eigenvalue weighted by Gasteiger charge is -2.26. The summed E-state index contributed by atoms with van der Waals surface area (Å²) in [5, 5.41) is 12.3.